The molecule has 1 aromatic rings. The van der Waals surface area contributed by atoms with Gasteiger partial charge in [-0.3, -0.25) is 4.79 Å². The highest BCUT2D eigenvalue weighted by atomic mass is 35.5. The molecule has 1 N–H and O–H groups in total. The fourth-order valence-electron chi connectivity index (χ4n) is 2.63. The van der Waals surface area contributed by atoms with Crippen LogP contribution in [0.15, 0.2) is 12.1 Å². The van der Waals surface area contributed by atoms with Crippen LogP contribution >= 0.6 is 22.9 Å². The van der Waals surface area contributed by atoms with E-state index in [1.165, 1.54) is 11.3 Å². The van der Waals surface area contributed by atoms with E-state index < -0.39 is 5.97 Å². The number of aliphatic carboxylic acids is 1. The van der Waals surface area contributed by atoms with E-state index in [0.29, 0.717) is 24.0 Å². The van der Waals surface area contributed by atoms with Gasteiger partial charge in [0, 0.05) is 31.4 Å². The van der Waals surface area contributed by atoms with Crippen molar-refractivity contribution in [2.45, 2.75) is 25.8 Å². The second kappa shape index (κ2) is 7.13. The van der Waals surface area contributed by atoms with Gasteiger partial charge in [0.05, 0.1) is 10.9 Å². The first-order valence-electron chi connectivity index (χ1n) is 6.91. The van der Waals surface area contributed by atoms with Gasteiger partial charge in [-0.05, 0) is 30.9 Å². The van der Waals surface area contributed by atoms with E-state index in [4.69, 9.17) is 16.7 Å². The third kappa shape index (κ3) is 4.61. The zero-order valence-electron chi connectivity index (χ0n) is 11.9. The number of hydrogen-bond donors (Lipinski definition) is 1. The second-order valence-corrected chi connectivity index (χ2v) is 7.20. The highest BCUT2D eigenvalue weighted by molar-refractivity contribution is 7.16. The van der Waals surface area contributed by atoms with Crippen molar-refractivity contribution in [3.63, 3.8) is 0 Å². The van der Waals surface area contributed by atoms with E-state index >= 15 is 0 Å². The summed E-state index contributed by atoms with van der Waals surface area (Å²) in [6.07, 6.45) is 1.87. The Bertz CT molecular complexity index is 520. The van der Waals surface area contributed by atoms with Crippen LogP contribution in [0.1, 0.15) is 24.1 Å². The number of carbonyl (C=O) groups is 2. The number of carboxylic acid groups (broad SMARTS) is 1. The molecule has 1 aromatic heterocycles. The zero-order chi connectivity index (χ0) is 15.4. The van der Waals surface area contributed by atoms with E-state index in [0.717, 1.165) is 17.7 Å². The molecule has 21 heavy (non-hydrogen) atoms. The Morgan fingerprint density at radius 3 is 2.90 bits per heavy atom. The number of amides is 2. The van der Waals surface area contributed by atoms with Gasteiger partial charge in [-0.2, -0.15) is 0 Å². The largest absolute Gasteiger partial charge is 0.481 e. The van der Waals surface area contributed by atoms with Crippen molar-refractivity contribution in [1.29, 1.82) is 0 Å². The Morgan fingerprint density at radius 2 is 2.29 bits per heavy atom. The number of halogens is 1. The molecule has 1 unspecified atom stereocenters. The summed E-state index contributed by atoms with van der Waals surface area (Å²) >= 11 is 7.35. The molecule has 1 atom stereocenters. The van der Waals surface area contributed by atoms with Crippen LogP contribution in [0.4, 0.5) is 4.79 Å². The molecule has 0 saturated carbocycles. The molecule has 1 fully saturated rings. The van der Waals surface area contributed by atoms with Gasteiger partial charge in [0.25, 0.3) is 0 Å². The van der Waals surface area contributed by atoms with Gasteiger partial charge < -0.3 is 14.9 Å². The molecule has 2 heterocycles. The first-order chi connectivity index (χ1) is 9.95. The first kappa shape index (κ1) is 16.1. The van der Waals surface area contributed by atoms with Crippen LogP contribution in [0.5, 0.6) is 0 Å². The topological polar surface area (TPSA) is 60.9 Å². The minimum absolute atomic E-state index is 0.0467. The van der Waals surface area contributed by atoms with Crippen LogP contribution in [0.2, 0.25) is 4.34 Å². The van der Waals surface area contributed by atoms with Crippen molar-refractivity contribution < 1.29 is 14.7 Å². The third-order valence-electron chi connectivity index (χ3n) is 3.60. The summed E-state index contributed by atoms with van der Waals surface area (Å²) in [5.74, 6) is -0.735. The summed E-state index contributed by atoms with van der Waals surface area (Å²) < 4.78 is 0.713. The maximum absolute atomic E-state index is 12.4. The minimum Gasteiger partial charge on any atom is -0.481 e. The highest BCUT2D eigenvalue weighted by Crippen LogP contribution is 2.24. The molecule has 0 bridgehead atoms. The van der Waals surface area contributed by atoms with Gasteiger partial charge in [0.1, 0.15) is 0 Å². The van der Waals surface area contributed by atoms with E-state index in [-0.39, 0.29) is 18.4 Å². The third-order valence-corrected chi connectivity index (χ3v) is 4.82. The molecule has 2 amide bonds. The predicted molar refractivity (Wildman–Crippen MR) is 82.7 cm³/mol. The van der Waals surface area contributed by atoms with Gasteiger partial charge in [-0.1, -0.05) is 11.6 Å². The lowest BCUT2D eigenvalue weighted by atomic mass is 9.95. The van der Waals surface area contributed by atoms with E-state index in [9.17, 15) is 9.59 Å². The van der Waals surface area contributed by atoms with Crippen LogP contribution in [0.25, 0.3) is 0 Å². The fourth-order valence-corrected chi connectivity index (χ4v) is 3.77. The normalized spacial score (nSPS) is 18.6. The highest BCUT2D eigenvalue weighted by Gasteiger charge is 2.27. The average molecular weight is 331 g/mol. The number of carbonyl (C=O) groups excluding carboxylic acids is 1. The summed E-state index contributed by atoms with van der Waals surface area (Å²) in [5.41, 5.74) is 0. The fraction of sp³-hybridized carbons (Fsp3) is 0.571. The van der Waals surface area contributed by atoms with Gasteiger partial charge in [-0.15, -0.1) is 11.3 Å². The number of hydrogen-bond acceptors (Lipinski definition) is 3. The number of piperidine rings is 1. The Kier molecular flexibility index (Phi) is 5.47. The van der Waals surface area contributed by atoms with E-state index in [2.05, 4.69) is 0 Å². The Labute approximate surface area is 133 Å². The van der Waals surface area contributed by atoms with Crippen molar-refractivity contribution in [2.75, 3.05) is 20.1 Å². The van der Waals surface area contributed by atoms with Crippen molar-refractivity contribution in [3.8, 4) is 0 Å². The van der Waals surface area contributed by atoms with Crippen LogP contribution in [-0.2, 0) is 11.3 Å². The molecule has 0 spiro atoms. The predicted octanol–water partition coefficient (Wildman–Crippen LogP) is 3.14. The lowest BCUT2D eigenvalue weighted by Gasteiger charge is -2.34. The zero-order valence-corrected chi connectivity index (χ0v) is 13.5. The summed E-state index contributed by atoms with van der Waals surface area (Å²) in [4.78, 5) is 27.7. The average Bonchev–Trinajstić information content (AvgIpc) is 2.82. The molecule has 2 rings (SSSR count). The second-order valence-electron chi connectivity index (χ2n) is 5.40. The van der Waals surface area contributed by atoms with Gasteiger partial charge in [0.2, 0.25) is 0 Å². The molecule has 7 heteroatoms. The standard InChI is InChI=1S/C14H19ClN2O3S/c1-16(9-11-4-5-12(15)21-11)14(20)17-6-2-3-10(8-17)7-13(18)19/h4-5,10H,2-3,6-9H2,1H3,(H,18,19). The SMILES string of the molecule is CN(Cc1ccc(Cl)s1)C(=O)N1CCCC(CC(=O)O)C1. The number of rotatable bonds is 4. The summed E-state index contributed by atoms with van der Waals surface area (Å²) in [7, 11) is 1.76. The lowest BCUT2D eigenvalue weighted by Crippen LogP contribution is -2.46. The van der Waals surface area contributed by atoms with Crippen molar-refractivity contribution >= 4 is 34.9 Å². The van der Waals surface area contributed by atoms with Gasteiger partial charge in [-0.25, -0.2) is 4.79 Å². The summed E-state index contributed by atoms with van der Waals surface area (Å²) in [6, 6.07) is 3.69. The molecular weight excluding hydrogens is 312 g/mol. The van der Waals surface area contributed by atoms with Crippen molar-refractivity contribution in [1.82, 2.24) is 9.80 Å². The summed E-state index contributed by atoms with van der Waals surface area (Å²) in [6.45, 7) is 1.75. The number of likely N-dealkylation sites (tertiary alicyclic amines) is 1. The number of urea groups is 1. The van der Waals surface area contributed by atoms with Crippen LogP contribution in [-0.4, -0.2) is 47.0 Å². The van der Waals surface area contributed by atoms with Gasteiger partial charge in [0.15, 0.2) is 0 Å². The summed E-state index contributed by atoms with van der Waals surface area (Å²) in [5, 5.41) is 8.87. The Hall–Kier alpha value is -1.27. The molecule has 1 aliphatic heterocycles. The minimum atomic E-state index is -0.795. The maximum Gasteiger partial charge on any atom is 0.320 e. The quantitative estimate of drug-likeness (QED) is 0.922. The van der Waals surface area contributed by atoms with E-state index in [1.807, 2.05) is 12.1 Å². The van der Waals surface area contributed by atoms with Crippen LogP contribution < -0.4 is 0 Å². The van der Waals surface area contributed by atoms with Gasteiger partial charge >= 0.3 is 12.0 Å². The molecule has 5 nitrogen and oxygen atoms in total. The molecule has 116 valence electrons. The number of nitrogens with zero attached hydrogens (tertiary/aromatic N) is 2. The van der Waals surface area contributed by atoms with Crippen molar-refractivity contribution in [2.24, 2.45) is 5.92 Å². The maximum atomic E-state index is 12.4. The number of thiophene rings is 1. The molecular formula is C14H19ClN2O3S. The Morgan fingerprint density at radius 1 is 1.52 bits per heavy atom. The van der Waals surface area contributed by atoms with Crippen LogP contribution in [0.3, 0.4) is 0 Å². The molecule has 1 saturated heterocycles. The monoisotopic (exact) mass is 330 g/mol. The van der Waals surface area contributed by atoms with E-state index in [1.54, 1.807) is 16.8 Å². The lowest BCUT2D eigenvalue weighted by molar-refractivity contribution is -0.138. The first-order valence-corrected chi connectivity index (χ1v) is 8.11. The smallest absolute Gasteiger partial charge is 0.320 e. The number of carboxylic acids is 1. The van der Waals surface area contributed by atoms with Crippen LogP contribution in [0, 0.1) is 5.92 Å². The Balaban J connectivity index is 1.90. The van der Waals surface area contributed by atoms with Crippen molar-refractivity contribution in [3.05, 3.63) is 21.3 Å². The molecule has 1 aliphatic rings. The molecule has 0 aliphatic carbocycles. The molecule has 0 radical (unpaired) electrons. The molecule has 0 aromatic carbocycles.